The maximum absolute atomic E-state index is 4.03. The van der Waals surface area contributed by atoms with Gasteiger partial charge in [0.2, 0.25) is 0 Å². The molecule has 0 radical (unpaired) electrons. The van der Waals surface area contributed by atoms with Gasteiger partial charge in [-0.1, -0.05) is 103 Å². The monoisotopic (exact) mass is 296 g/mol. The van der Waals surface area contributed by atoms with E-state index in [0.29, 0.717) is 0 Å². The Bertz CT molecular complexity index is 807. The normalized spacial score (nSPS) is 11.3. The van der Waals surface area contributed by atoms with E-state index in [1.54, 1.807) is 0 Å². The molecule has 0 spiro atoms. The van der Waals surface area contributed by atoms with E-state index in [2.05, 4.69) is 85.5 Å². The Morgan fingerprint density at radius 1 is 0.652 bits per heavy atom. The van der Waals surface area contributed by atoms with Gasteiger partial charge in [-0.3, -0.25) is 0 Å². The van der Waals surface area contributed by atoms with Crippen molar-refractivity contribution < 1.29 is 0 Å². The van der Waals surface area contributed by atoms with E-state index in [1.807, 2.05) is 19.1 Å². The second-order valence-corrected chi connectivity index (χ2v) is 5.71. The van der Waals surface area contributed by atoms with E-state index in [-0.39, 0.29) is 0 Å². The fourth-order valence-electron chi connectivity index (χ4n) is 2.67. The molecule has 0 bridgehead atoms. The van der Waals surface area contributed by atoms with Crippen LogP contribution in [0.2, 0.25) is 0 Å². The van der Waals surface area contributed by atoms with E-state index < -0.39 is 0 Å². The van der Waals surface area contributed by atoms with Crippen LogP contribution in [0.4, 0.5) is 0 Å². The fraction of sp³-hybridized carbons (Fsp3) is 0.0435. The van der Waals surface area contributed by atoms with Gasteiger partial charge >= 0.3 is 0 Å². The van der Waals surface area contributed by atoms with Crippen LogP contribution in [0, 0.1) is 0 Å². The first-order chi connectivity index (χ1) is 11.2. The zero-order valence-electron chi connectivity index (χ0n) is 13.4. The van der Waals surface area contributed by atoms with Crippen molar-refractivity contribution in [1.29, 1.82) is 0 Å². The summed E-state index contributed by atoms with van der Waals surface area (Å²) in [6.45, 7) is 6.06. The van der Waals surface area contributed by atoms with E-state index in [1.165, 1.54) is 27.8 Å². The molecule has 0 nitrogen and oxygen atoms in total. The quantitative estimate of drug-likeness (QED) is 0.491. The summed E-state index contributed by atoms with van der Waals surface area (Å²) in [6.07, 6.45) is 2.15. The van der Waals surface area contributed by atoms with E-state index in [4.69, 9.17) is 0 Å². The van der Waals surface area contributed by atoms with Crippen LogP contribution in [0.15, 0.2) is 103 Å². The second-order valence-electron chi connectivity index (χ2n) is 5.71. The number of hydrogen-bond donors (Lipinski definition) is 0. The maximum Gasteiger partial charge on any atom is -0.0109 e. The molecule has 0 saturated heterocycles. The molecule has 112 valence electrons. The molecular formula is C23H20. The molecule has 23 heavy (non-hydrogen) atoms. The number of hydrogen-bond acceptors (Lipinski definition) is 0. The minimum Gasteiger partial charge on any atom is -0.0961 e. The Balaban J connectivity index is 2.00. The van der Waals surface area contributed by atoms with Crippen molar-refractivity contribution in [1.82, 2.24) is 0 Å². The average molecular weight is 296 g/mol. The fourth-order valence-corrected chi connectivity index (χ4v) is 2.67. The highest BCUT2D eigenvalue weighted by Crippen LogP contribution is 2.27. The summed E-state index contributed by atoms with van der Waals surface area (Å²) in [5, 5.41) is 0. The van der Waals surface area contributed by atoms with Crippen molar-refractivity contribution in [2.24, 2.45) is 0 Å². The summed E-state index contributed by atoms with van der Waals surface area (Å²) in [4.78, 5) is 0. The number of benzene rings is 3. The van der Waals surface area contributed by atoms with Crippen molar-refractivity contribution in [3.8, 4) is 11.1 Å². The molecular weight excluding hydrogens is 276 g/mol. The summed E-state index contributed by atoms with van der Waals surface area (Å²) in [5.74, 6) is 0. The lowest BCUT2D eigenvalue weighted by Crippen LogP contribution is -1.89. The van der Waals surface area contributed by atoms with E-state index in [0.717, 1.165) is 5.57 Å². The Morgan fingerprint density at radius 2 is 1.13 bits per heavy atom. The summed E-state index contributed by atoms with van der Waals surface area (Å²) < 4.78 is 0. The standard InChI is InChI=1S/C23H20/c1-18(2)17-23(21-11-7-4-8-12-21)22-15-13-20(14-16-22)19-9-5-3-6-10-19/h3-17H,1H2,2H3/b23-17+. The first kappa shape index (κ1) is 15.1. The van der Waals surface area contributed by atoms with Gasteiger partial charge in [-0.2, -0.15) is 0 Å². The highest BCUT2D eigenvalue weighted by atomic mass is 14.1. The molecule has 0 aromatic heterocycles. The van der Waals surface area contributed by atoms with E-state index in [9.17, 15) is 0 Å². The molecule has 0 unspecified atom stereocenters. The SMILES string of the molecule is C=C(C)/C=C(\c1ccccc1)c1ccc(-c2ccccc2)cc1. The molecule has 0 aliphatic carbocycles. The average Bonchev–Trinajstić information content (AvgIpc) is 2.61. The largest absolute Gasteiger partial charge is 0.0961 e. The second kappa shape index (κ2) is 6.93. The maximum atomic E-state index is 4.03. The molecule has 3 rings (SSSR count). The highest BCUT2D eigenvalue weighted by Gasteiger charge is 2.05. The predicted octanol–water partition coefficient (Wildman–Crippen LogP) is 6.36. The minimum atomic E-state index is 1.05. The molecule has 3 aromatic carbocycles. The lowest BCUT2D eigenvalue weighted by atomic mass is 9.94. The van der Waals surface area contributed by atoms with Crippen LogP contribution in [0.5, 0.6) is 0 Å². The van der Waals surface area contributed by atoms with Crippen LogP contribution in [-0.2, 0) is 0 Å². The van der Waals surface area contributed by atoms with Gasteiger partial charge in [-0.15, -0.1) is 0 Å². The lowest BCUT2D eigenvalue weighted by Gasteiger charge is -2.10. The predicted molar refractivity (Wildman–Crippen MR) is 100 cm³/mol. The van der Waals surface area contributed by atoms with Gasteiger partial charge in [-0.05, 0) is 34.8 Å². The van der Waals surface area contributed by atoms with Crippen LogP contribution in [-0.4, -0.2) is 0 Å². The van der Waals surface area contributed by atoms with Gasteiger partial charge in [0.15, 0.2) is 0 Å². The van der Waals surface area contributed by atoms with Crippen LogP contribution in [0.25, 0.3) is 16.7 Å². The molecule has 0 heterocycles. The van der Waals surface area contributed by atoms with Gasteiger partial charge in [0, 0.05) is 0 Å². The van der Waals surface area contributed by atoms with Crippen molar-refractivity contribution in [3.63, 3.8) is 0 Å². The number of rotatable bonds is 4. The molecule has 0 amide bonds. The van der Waals surface area contributed by atoms with Crippen molar-refractivity contribution in [2.45, 2.75) is 6.92 Å². The van der Waals surface area contributed by atoms with Gasteiger partial charge in [0.25, 0.3) is 0 Å². The molecule has 0 fully saturated rings. The van der Waals surface area contributed by atoms with Crippen LogP contribution in [0.1, 0.15) is 18.1 Å². The van der Waals surface area contributed by atoms with Crippen molar-refractivity contribution >= 4 is 5.57 Å². The third kappa shape index (κ3) is 3.67. The summed E-state index contributed by atoms with van der Waals surface area (Å²) in [7, 11) is 0. The van der Waals surface area contributed by atoms with Crippen molar-refractivity contribution in [3.05, 3.63) is 114 Å². The van der Waals surface area contributed by atoms with Crippen LogP contribution in [0.3, 0.4) is 0 Å². The zero-order chi connectivity index (χ0) is 16.1. The summed E-state index contributed by atoms with van der Waals surface area (Å²) in [6, 6.07) is 29.6. The first-order valence-electron chi connectivity index (χ1n) is 7.82. The Kier molecular flexibility index (Phi) is 4.54. The van der Waals surface area contributed by atoms with Gasteiger partial charge in [-0.25, -0.2) is 0 Å². The molecule has 3 aromatic rings. The van der Waals surface area contributed by atoms with Gasteiger partial charge < -0.3 is 0 Å². The Morgan fingerprint density at radius 3 is 1.70 bits per heavy atom. The minimum absolute atomic E-state index is 1.05. The Hall–Kier alpha value is -2.86. The van der Waals surface area contributed by atoms with E-state index >= 15 is 0 Å². The third-order valence-electron chi connectivity index (χ3n) is 3.78. The van der Waals surface area contributed by atoms with Crippen LogP contribution < -0.4 is 0 Å². The van der Waals surface area contributed by atoms with Crippen molar-refractivity contribution in [2.75, 3.05) is 0 Å². The first-order valence-corrected chi connectivity index (χ1v) is 7.82. The summed E-state index contributed by atoms with van der Waals surface area (Å²) in [5.41, 5.74) is 7.15. The third-order valence-corrected chi connectivity index (χ3v) is 3.78. The molecule has 0 N–H and O–H groups in total. The summed E-state index contributed by atoms with van der Waals surface area (Å²) >= 11 is 0. The molecule has 0 saturated carbocycles. The number of allylic oxidation sites excluding steroid dienone is 2. The Labute approximate surface area is 138 Å². The smallest absolute Gasteiger partial charge is 0.0109 e. The zero-order valence-corrected chi connectivity index (χ0v) is 13.4. The van der Waals surface area contributed by atoms with Gasteiger partial charge in [0.1, 0.15) is 0 Å². The molecule has 0 atom stereocenters. The highest BCUT2D eigenvalue weighted by molar-refractivity contribution is 5.82. The van der Waals surface area contributed by atoms with Crippen LogP contribution >= 0.6 is 0 Å². The van der Waals surface area contributed by atoms with Gasteiger partial charge in [0.05, 0.1) is 0 Å². The lowest BCUT2D eigenvalue weighted by molar-refractivity contribution is 1.50. The molecule has 0 aliphatic heterocycles. The molecule has 0 aliphatic rings. The molecule has 0 heteroatoms. The topological polar surface area (TPSA) is 0 Å².